The molecule has 90 valence electrons. The molecule has 0 spiro atoms. The largest absolute Gasteiger partial charge is 0.480 e. The van der Waals surface area contributed by atoms with E-state index in [1.54, 1.807) is 0 Å². The Bertz CT molecular complexity index is 596. The Hall–Kier alpha value is -1.40. The third kappa shape index (κ3) is 2.18. The molecule has 0 bridgehead atoms. The van der Waals surface area contributed by atoms with E-state index in [4.69, 9.17) is 28.3 Å². The summed E-state index contributed by atoms with van der Waals surface area (Å²) in [5, 5.41) is 8.94. The summed E-state index contributed by atoms with van der Waals surface area (Å²) < 4.78 is 1.47. The van der Waals surface area contributed by atoms with E-state index >= 15 is 0 Å². The van der Waals surface area contributed by atoms with Crippen LogP contribution in [0.15, 0.2) is 0 Å². The number of fused-ring (bicyclic) bond motifs is 1. The highest BCUT2D eigenvalue weighted by atomic mass is 35.5. The van der Waals surface area contributed by atoms with Crippen LogP contribution in [0.3, 0.4) is 0 Å². The number of nitrogens with zero attached hydrogens (tertiary/aromatic N) is 4. The molecule has 0 fully saturated rings. The quantitative estimate of drug-likeness (QED) is 0.682. The molecule has 2 heterocycles. The van der Waals surface area contributed by atoms with Crippen LogP contribution < -0.4 is 0 Å². The molecule has 0 unspecified atom stereocenters. The van der Waals surface area contributed by atoms with E-state index in [9.17, 15) is 4.79 Å². The number of hydrogen-bond donors (Lipinski definition) is 1. The van der Waals surface area contributed by atoms with Gasteiger partial charge in [-0.2, -0.15) is 4.98 Å². The number of aliphatic carboxylic acids is 1. The molecule has 0 saturated carbocycles. The number of hydrogen-bond acceptors (Lipinski definition) is 4. The van der Waals surface area contributed by atoms with Crippen molar-refractivity contribution < 1.29 is 9.90 Å². The minimum absolute atomic E-state index is 0.0308. The number of imidazole rings is 1. The number of carboxylic acid groups (broad SMARTS) is 1. The number of halogens is 2. The van der Waals surface area contributed by atoms with E-state index in [1.165, 1.54) is 4.57 Å². The highest BCUT2D eigenvalue weighted by Crippen LogP contribution is 2.22. The maximum atomic E-state index is 10.8. The molecule has 0 atom stereocenters. The first-order valence-electron chi connectivity index (χ1n) is 4.82. The zero-order chi connectivity index (χ0) is 12.6. The van der Waals surface area contributed by atoms with Gasteiger partial charge in [-0.15, -0.1) is 0 Å². The maximum absolute atomic E-state index is 10.8. The third-order valence-electron chi connectivity index (χ3n) is 2.21. The molecule has 0 aliphatic carbocycles. The van der Waals surface area contributed by atoms with Gasteiger partial charge in [0.25, 0.3) is 0 Å². The average Bonchev–Trinajstić information content (AvgIpc) is 2.56. The number of aromatic nitrogens is 4. The first-order valence-corrected chi connectivity index (χ1v) is 5.58. The van der Waals surface area contributed by atoms with Crippen molar-refractivity contribution in [2.24, 2.45) is 0 Å². The molecule has 0 radical (unpaired) electrons. The minimum Gasteiger partial charge on any atom is -0.480 e. The Kier molecular flexibility index (Phi) is 3.17. The molecule has 2 rings (SSSR count). The van der Waals surface area contributed by atoms with Gasteiger partial charge >= 0.3 is 5.97 Å². The second-order valence-corrected chi connectivity index (χ2v) is 4.01. The Labute approximate surface area is 106 Å². The molecule has 6 nitrogen and oxygen atoms in total. The fourth-order valence-corrected chi connectivity index (χ4v) is 1.97. The minimum atomic E-state index is -0.982. The van der Waals surface area contributed by atoms with Crippen molar-refractivity contribution in [2.45, 2.75) is 19.9 Å². The lowest BCUT2D eigenvalue weighted by Crippen LogP contribution is -2.12. The van der Waals surface area contributed by atoms with Crippen molar-refractivity contribution in [1.82, 2.24) is 19.5 Å². The highest BCUT2D eigenvalue weighted by Gasteiger charge is 2.17. The number of carbonyl (C=O) groups is 1. The molecule has 0 aliphatic heterocycles. The summed E-state index contributed by atoms with van der Waals surface area (Å²) in [4.78, 5) is 22.7. The molecular weight excluding hydrogens is 267 g/mol. The zero-order valence-corrected chi connectivity index (χ0v) is 10.3. The Balaban J connectivity index is 2.73. The molecule has 2 aromatic heterocycles. The summed E-state index contributed by atoms with van der Waals surface area (Å²) in [5.41, 5.74) is 0.711. The molecule has 1 N–H and O–H groups in total. The van der Waals surface area contributed by atoms with Gasteiger partial charge < -0.3 is 9.67 Å². The molecule has 17 heavy (non-hydrogen) atoms. The van der Waals surface area contributed by atoms with Gasteiger partial charge in [-0.3, -0.25) is 4.79 Å². The second kappa shape index (κ2) is 4.46. The lowest BCUT2D eigenvalue weighted by molar-refractivity contribution is -0.137. The van der Waals surface area contributed by atoms with E-state index in [0.717, 1.165) is 0 Å². The van der Waals surface area contributed by atoms with Crippen LogP contribution in [0.4, 0.5) is 0 Å². The van der Waals surface area contributed by atoms with Crippen LogP contribution >= 0.6 is 23.2 Å². The van der Waals surface area contributed by atoms with Gasteiger partial charge in [0.05, 0.1) is 0 Å². The van der Waals surface area contributed by atoms with Crippen LogP contribution in [-0.2, 0) is 17.8 Å². The van der Waals surface area contributed by atoms with Crippen molar-refractivity contribution in [2.75, 3.05) is 0 Å². The lowest BCUT2D eigenvalue weighted by Gasteiger charge is -2.03. The van der Waals surface area contributed by atoms with E-state index in [0.29, 0.717) is 23.4 Å². The summed E-state index contributed by atoms with van der Waals surface area (Å²) in [7, 11) is 0. The number of rotatable bonds is 3. The average molecular weight is 275 g/mol. The van der Waals surface area contributed by atoms with Crippen LogP contribution in [0.5, 0.6) is 0 Å². The van der Waals surface area contributed by atoms with Gasteiger partial charge in [0, 0.05) is 6.42 Å². The lowest BCUT2D eigenvalue weighted by atomic mass is 10.4. The maximum Gasteiger partial charge on any atom is 0.323 e. The summed E-state index contributed by atoms with van der Waals surface area (Å²) in [6, 6.07) is 0. The van der Waals surface area contributed by atoms with Gasteiger partial charge in [-0.05, 0) is 11.6 Å². The van der Waals surface area contributed by atoms with E-state index in [2.05, 4.69) is 15.0 Å². The standard InChI is InChI=1S/C9H8Cl2N4O2/c1-2-4-12-6-7(10)13-9(11)14-8(6)15(4)3-5(16)17/h2-3H2,1H3,(H,16,17). The molecule has 0 saturated heterocycles. The molecule has 0 aromatic carbocycles. The molecular formula is C9H8Cl2N4O2. The first kappa shape index (κ1) is 12.1. The highest BCUT2D eigenvalue weighted by molar-refractivity contribution is 6.35. The van der Waals surface area contributed by atoms with Crippen LogP contribution in [0, 0.1) is 0 Å². The van der Waals surface area contributed by atoms with Gasteiger partial charge in [0.1, 0.15) is 17.9 Å². The van der Waals surface area contributed by atoms with Gasteiger partial charge in [0.2, 0.25) is 5.28 Å². The summed E-state index contributed by atoms with van der Waals surface area (Å²) in [6.07, 6.45) is 0.567. The summed E-state index contributed by atoms with van der Waals surface area (Å²) in [6.45, 7) is 1.63. The first-order chi connectivity index (χ1) is 8.02. The topological polar surface area (TPSA) is 80.9 Å². The summed E-state index contributed by atoms with van der Waals surface area (Å²) in [5.74, 6) is -0.397. The van der Waals surface area contributed by atoms with Crippen LogP contribution in [0.25, 0.3) is 11.2 Å². The number of aryl methyl sites for hydroxylation is 1. The van der Waals surface area contributed by atoms with Crippen LogP contribution in [0.1, 0.15) is 12.7 Å². The smallest absolute Gasteiger partial charge is 0.323 e. The van der Waals surface area contributed by atoms with Crippen LogP contribution in [0.2, 0.25) is 10.4 Å². The SMILES string of the molecule is CCc1nc2c(Cl)nc(Cl)nc2n1CC(=O)O. The van der Waals surface area contributed by atoms with Crippen molar-refractivity contribution in [3.05, 3.63) is 16.3 Å². The molecule has 8 heteroatoms. The van der Waals surface area contributed by atoms with Gasteiger partial charge in [0.15, 0.2) is 10.8 Å². The third-order valence-corrected chi connectivity index (χ3v) is 2.65. The Morgan fingerprint density at radius 3 is 2.65 bits per heavy atom. The Morgan fingerprint density at radius 2 is 2.06 bits per heavy atom. The fraction of sp³-hybridized carbons (Fsp3) is 0.333. The van der Waals surface area contributed by atoms with Crippen molar-refractivity contribution >= 4 is 40.3 Å². The van der Waals surface area contributed by atoms with Gasteiger partial charge in [-0.1, -0.05) is 18.5 Å². The van der Waals surface area contributed by atoms with Gasteiger partial charge in [-0.25, -0.2) is 9.97 Å². The monoisotopic (exact) mass is 274 g/mol. The number of carboxylic acids is 1. The van der Waals surface area contributed by atoms with Crippen molar-refractivity contribution in [3.63, 3.8) is 0 Å². The normalized spacial score (nSPS) is 11.0. The summed E-state index contributed by atoms with van der Waals surface area (Å²) >= 11 is 11.6. The molecule has 0 aliphatic rings. The fourth-order valence-electron chi connectivity index (χ4n) is 1.56. The molecule has 0 amide bonds. The molecule has 2 aromatic rings. The van der Waals surface area contributed by atoms with E-state index in [-0.39, 0.29) is 17.0 Å². The van der Waals surface area contributed by atoms with Crippen LogP contribution in [-0.4, -0.2) is 30.6 Å². The zero-order valence-electron chi connectivity index (χ0n) is 8.81. The Morgan fingerprint density at radius 1 is 1.35 bits per heavy atom. The van der Waals surface area contributed by atoms with E-state index in [1.807, 2.05) is 6.92 Å². The van der Waals surface area contributed by atoms with Crippen molar-refractivity contribution in [1.29, 1.82) is 0 Å². The van der Waals surface area contributed by atoms with Crippen molar-refractivity contribution in [3.8, 4) is 0 Å². The second-order valence-electron chi connectivity index (χ2n) is 3.32. The predicted octanol–water partition coefficient (Wildman–Crippen LogP) is 1.78. The van der Waals surface area contributed by atoms with E-state index < -0.39 is 5.97 Å². The predicted molar refractivity (Wildman–Crippen MR) is 62.4 cm³/mol.